The predicted molar refractivity (Wildman–Crippen MR) is 67.7 cm³/mol. The Bertz CT molecular complexity index is 262. The van der Waals surface area contributed by atoms with Gasteiger partial charge in [0.15, 0.2) is 0 Å². The quantitative estimate of drug-likeness (QED) is 0.755. The molecule has 0 bridgehead atoms. The van der Waals surface area contributed by atoms with E-state index in [2.05, 4.69) is 26.1 Å². The minimum Gasteiger partial charge on any atom is -0.352 e. The molecule has 0 saturated carbocycles. The number of nitrogens with zero attached hydrogens (tertiary/aromatic N) is 1. The van der Waals surface area contributed by atoms with E-state index in [-0.39, 0.29) is 28.8 Å². The van der Waals surface area contributed by atoms with Crippen molar-refractivity contribution in [3.8, 4) is 0 Å². The summed E-state index contributed by atoms with van der Waals surface area (Å²) in [6, 6.07) is 0.107. The topological polar surface area (TPSA) is 32.3 Å². The monoisotopic (exact) mass is 246 g/mol. The van der Waals surface area contributed by atoms with Crippen molar-refractivity contribution in [3.05, 3.63) is 0 Å². The first-order valence-corrected chi connectivity index (χ1v) is 6.30. The van der Waals surface area contributed by atoms with E-state index in [4.69, 9.17) is 11.6 Å². The molecule has 1 aliphatic rings. The zero-order valence-corrected chi connectivity index (χ0v) is 11.6. The van der Waals surface area contributed by atoms with Crippen LogP contribution in [0.2, 0.25) is 0 Å². The minimum absolute atomic E-state index is 0.0627. The van der Waals surface area contributed by atoms with Gasteiger partial charge in [-0.25, -0.2) is 0 Å². The number of hydrogen-bond donors (Lipinski definition) is 1. The van der Waals surface area contributed by atoms with Gasteiger partial charge in [-0.05, 0) is 25.8 Å². The Morgan fingerprint density at radius 1 is 1.50 bits per heavy atom. The number of hydrogen-bond acceptors (Lipinski definition) is 2. The van der Waals surface area contributed by atoms with Crippen molar-refractivity contribution in [1.29, 1.82) is 0 Å². The lowest BCUT2D eigenvalue weighted by molar-refractivity contribution is -0.126. The lowest BCUT2D eigenvalue weighted by Gasteiger charge is -2.30. The lowest BCUT2D eigenvalue weighted by Crippen LogP contribution is -2.48. The zero-order valence-electron chi connectivity index (χ0n) is 10.9. The van der Waals surface area contributed by atoms with Gasteiger partial charge in [-0.1, -0.05) is 20.8 Å². The van der Waals surface area contributed by atoms with Crippen LogP contribution in [0.3, 0.4) is 0 Å². The van der Waals surface area contributed by atoms with Gasteiger partial charge in [0.2, 0.25) is 5.91 Å². The third kappa shape index (κ3) is 3.36. The molecule has 1 amide bonds. The third-order valence-electron chi connectivity index (χ3n) is 3.46. The van der Waals surface area contributed by atoms with Crippen molar-refractivity contribution in [2.45, 2.75) is 51.6 Å². The molecule has 94 valence electrons. The van der Waals surface area contributed by atoms with Crippen molar-refractivity contribution in [2.24, 2.45) is 5.41 Å². The Labute approximate surface area is 104 Å². The summed E-state index contributed by atoms with van der Waals surface area (Å²) in [7, 11) is 1.95. The number of amides is 1. The SMILES string of the molecule is C[C@@H](NC(=O)[C@@H]1C[C@H](Cl)CN1C)C(C)(C)C. The fraction of sp³-hybridized carbons (Fsp3) is 0.917. The van der Waals surface area contributed by atoms with Crippen molar-refractivity contribution in [3.63, 3.8) is 0 Å². The molecule has 1 saturated heterocycles. The van der Waals surface area contributed by atoms with Crippen LogP contribution in [0.25, 0.3) is 0 Å². The van der Waals surface area contributed by atoms with Gasteiger partial charge in [0.05, 0.1) is 6.04 Å². The smallest absolute Gasteiger partial charge is 0.237 e. The summed E-state index contributed by atoms with van der Waals surface area (Å²) in [5.74, 6) is 0.105. The Balaban J connectivity index is 2.53. The fourth-order valence-corrected chi connectivity index (χ4v) is 2.16. The number of likely N-dealkylation sites (tertiary alicyclic amines) is 1. The third-order valence-corrected chi connectivity index (χ3v) is 3.77. The van der Waals surface area contributed by atoms with Crippen molar-refractivity contribution < 1.29 is 4.79 Å². The molecule has 1 rings (SSSR count). The van der Waals surface area contributed by atoms with Crippen LogP contribution in [0, 0.1) is 5.41 Å². The van der Waals surface area contributed by atoms with E-state index >= 15 is 0 Å². The molecule has 0 aromatic heterocycles. The molecule has 0 unspecified atom stereocenters. The Morgan fingerprint density at radius 2 is 2.06 bits per heavy atom. The molecule has 0 aromatic rings. The van der Waals surface area contributed by atoms with E-state index in [1.165, 1.54) is 0 Å². The summed E-state index contributed by atoms with van der Waals surface area (Å²) >= 11 is 6.05. The van der Waals surface area contributed by atoms with Crippen LogP contribution in [0.4, 0.5) is 0 Å². The largest absolute Gasteiger partial charge is 0.352 e. The molecule has 1 N–H and O–H groups in total. The summed E-state index contributed by atoms with van der Waals surface area (Å²) in [5, 5.41) is 3.18. The lowest BCUT2D eigenvalue weighted by atomic mass is 9.88. The van der Waals surface area contributed by atoms with E-state index in [0.717, 1.165) is 13.0 Å². The maximum Gasteiger partial charge on any atom is 0.237 e. The van der Waals surface area contributed by atoms with Crippen LogP contribution < -0.4 is 5.32 Å². The zero-order chi connectivity index (χ0) is 12.5. The first-order valence-electron chi connectivity index (χ1n) is 5.86. The highest BCUT2D eigenvalue weighted by Crippen LogP contribution is 2.22. The molecule has 3 atom stereocenters. The fourth-order valence-electron chi connectivity index (χ4n) is 1.77. The maximum atomic E-state index is 12.0. The van der Waals surface area contributed by atoms with Gasteiger partial charge < -0.3 is 5.32 Å². The molecule has 0 aliphatic carbocycles. The van der Waals surface area contributed by atoms with Crippen molar-refractivity contribution >= 4 is 17.5 Å². The van der Waals surface area contributed by atoms with Gasteiger partial charge in [-0.3, -0.25) is 9.69 Å². The van der Waals surface area contributed by atoms with Crippen LogP contribution in [0.1, 0.15) is 34.1 Å². The standard InChI is InChI=1S/C12H23ClN2O/c1-8(12(2,3)4)14-11(16)10-6-9(13)7-15(10)5/h8-10H,6-7H2,1-5H3,(H,14,16)/t8-,9+,10+/m1/s1. The molecule has 4 heteroatoms. The Morgan fingerprint density at radius 3 is 2.44 bits per heavy atom. The van der Waals surface area contributed by atoms with Crippen LogP contribution >= 0.6 is 11.6 Å². The van der Waals surface area contributed by atoms with E-state index in [1.54, 1.807) is 0 Å². The highest BCUT2D eigenvalue weighted by atomic mass is 35.5. The van der Waals surface area contributed by atoms with E-state index in [9.17, 15) is 4.79 Å². The van der Waals surface area contributed by atoms with Gasteiger partial charge in [-0.2, -0.15) is 0 Å². The Hall–Kier alpha value is -0.280. The van der Waals surface area contributed by atoms with E-state index in [1.807, 2.05) is 18.9 Å². The van der Waals surface area contributed by atoms with Gasteiger partial charge >= 0.3 is 0 Å². The number of carbonyl (C=O) groups is 1. The summed E-state index contributed by atoms with van der Waals surface area (Å²) in [6.07, 6.45) is 0.751. The second-order valence-electron chi connectivity index (χ2n) is 5.88. The average Bonchev–Trinajstić information content (AvgIpc) is 2.43. The number of rotatable bonds is 2. The number of carbonyl (C=O) groups excluding carboxylic acids is 1. The first-order chi connectivity index (χ1) is 7.21. The molecule has 16 heavy (non-hydrogen) atoms. The van der Waals surface area contributed by atoms with Gasteiger partial charge in [-0.15, -0.1) is 11.6 Å². The van der Waals surface area contributed by atoms with Crippen LogP contribution in [-0.4, -0.2) is 41.9 Å². The molecule has 0 radical (unpaired) electrons. The van der Waals surface area contributed by atoms with Crippen LogP contribution in [-0.2, 0) is 4.79 Å². The second kappa shape index (κ2) is 4.92. The predicted octanol–water partition coefficient (Wildman–Crippen LogP) is 1.85. The summed E-state index contributed by atoms with van der Waals surface area (Å²) in [4.78, 5) is 14.1. The molecule has 3 nitrogen and oxygen atoms in total. The molecular weight excluding hydrogens is 224 g/mol. The summed E-state index contributed by atoms with van der Waals surface area (Å²) in [6.45, 7) is 9.22. The normalized spacial score (nSPS) is 29.1. The van der Waals surface area contributed by atoms with Gasteiger partial charge in [0, 0.05) is 18.0 Å². The second-order valence-corrected chi connectivity index (χ2v) is 6.50. The Kier molecular flexibility index (Phi) is 4.24. The van der Waals surface area contributed by atoms with Crippen LogP contribution in [0.15, 0.2) is 0 Å². The van der Waals surface area contributed by atoms with E-state index < -0.39 is 0 Å². The molecule has 1 fully saturated rings. The van der Waals surface area contributed by atoms with Gasteiger partial charge in [0.1, 0.15) is 0 Å². The van der Waals surface area contributed by atoms with Crippen LogP contribution in [0.5, 0.6) is 0 Å². The number of halogens is 1. The van der Waals surface area contributed by atoms with Crippen molar-refractivity contribution in [1.82, 2.24) is 10.2 Å². The average molecular weight is 247 g/mol. The summed E-state index contributed by atoms with van der Waals surface area (Å²) < 4.78 is 0. The summed E-state index contributed by atoms with van der Waals surface area (Å²) in [5.41, 5.74) is 0.0905. The van der Waals surface area contributed by atoms with Crippen molar-refractivity contribution in [2.75, 3.05) is 13.6 Å². The number of alkyl halides is 1. The molecule has 1 heterocycles. The number of likely N-dealkylation sites (N-methyl/N-ethyl adjacent to an activating group) is 1. The van der Waals surface area contributed by atoms with Gasteiger partial charge in [0.25, 0.3) is 0 Å². The molecular formula is C12H23ClN2O. The maximum absolute atomic E-state index is 12.0. The molecule has 1 aliphatic heterocycles. The number of nitrogens with one attached hydrogen (secondary N) is 1. The molecule has 0 spiro atoms. The first kappa shape index (κ1) is 13.8. The highest BCUT2D eigenvalue weighted by Gasteiger charge is 2.34. The molecule has 0 aromatic carbocycles. The highest BCUT2D eigenvalue weighted by molar-refractivity contribution is 6.21. The van der Waals surface area contributed by atoms with E-state index in [0.29, 0.717) is 0 Å². The minimum atomic E-state index is -0.0627.